The third kappa shape index (κ3) is 4.48. The summed E-state index contributed by atoms with van der Waals surface area (Å²) in [6.45, 7) is 4.54. The van der Waals surface area contributed by atoms with Crippen molar-refractivity contribution in [1.82, 2.24) is 4.90 Å². The van der Waals surface area contributed by atoms with Crippen LogP contribution >= 0.6 is 0 Å². The van der Waals surface area contributed by atoms with E-state index in [1.165, 1.54) is 85.6 Å². The number of piperidine rings is 1. The van der Waals surface area contributed by atoms with Crippen molar-refractivity contribution in [3.05, 3.63) is 77.4 Å². The smallest absolute Gasteiger partial charge is 0.120 e. The Hall–Kier alpha value is -2.32. The minimum atomic E-state index is 0.626. The Labute approximate surface area is 174 Å². The molecule has 0 aromatic heterocycles. The van der Waals surface area contributed by atoms with E-state index in [1.807, 2.05) is 0 Å². The Morgan fingerprint density at radius 3 is 2.59 bits per heavy atom. The molecule has 1 unspecified atom stereocenters. The van der Waals surface area contributed by atoms with Crippen LogP contribution in [0, 0.1) is 5.92 Å². The van der Waals surface area contributed by atoms with Gasteiger partial charge in [-0.3, -0.25) is 0 Å². The molecule has 1 fully saturated rings. The van der Waals surface area contributed by atoms with E-state index >= 15 is 0 Å². The monoisotopic (exact) mass is 385 g/mol. The lowest BCUT2D eigenvalue weighted by atomic mass is 9.83. The van der Waals surface area contributed by atoms with Gasteiger partial charge in [0.2, 0.25) is 0 Å². The van der Waals surface area contributed by atoms with Crippen molar-refractivity contribution in [2.24, 2.45) is 5.92 Å². The number of aryl methyl sites for hydroxylation is 1. The highest BCUT2D eigenvalue weighted by Crippen LogP contribution is 2.30. The number of fused-ring (bicyclic) bond motifs is 2. The lowest BCUT2D eigenvalue weighted by molar-refractivity contribution is 0.187. The molecule has 1 aliphatic carbocycles. The Morgan fingerprint density at radius 2 is 1.69 bits per heavy atom. The predicted molar refractivity (Wildman–Crippen MR) is 121 cm³/mol. The molecule has 0 amide bonds. The van der Waals surface area contributed by atoms with Gasteiger partial charge < -0.3 is 9.64 Å². The molecule has 2 nitrogen and oxygen atoms in total. The molecule has 2 heteroatoms. The van der Waals surface area contributed by atoms with Crippen LogP contribution in [0.5, 0.6) is 5.75 Å². The van der Waals surface area contributed by atoms with Crippen LogP contribution < -0.4 is 4.74 Å². The first-order chi connectivity index (χ1) is 14.3. The van der Waals surface area contributed by atoms with E-state index in [9.17, 15) is 0 Å². The third-order valence-electron chi connectivity index (χ3n) is 6.69. The number of rotatable bonds is 5. The summed E-state index contributed by atoms with van der Waals surface area (Å²) in [4.78, 5) is 2.69. The van der Waals surface area contributed by atoms with Crippen molar-refractivity contribution in [2.75, 3.05) is 19.6 Å². The number of benzene rings is 3. The van der Waals surface area contributed by atoms with Crippen molar-refractivity contribution >= 4 is 10.8 Å². The summed E-state index contributed by atoms with van der Waals surface area (Å²) in [7, 11) is 0. The quantitative estimate of drug-likeness (QED) is 0.533. The van der Waals surface area contributed by atoms with Crippen molar-refractivity contribution in [1.29, 1.82) is 0 Å². The molecule has 1 saturated heterocycles. The second kappa shape index (κ2) is 8.59. The number of likely N-dealkylation sites (tertiary alicyclic amines) is 1. The topological polar surface area (TPSA) is 12.5 Å². The predicted octanol–water partition coefficient (Wildman–Crippen LogP) is 6.01. The van der Waals surface area contributed by atoms with Crippen LogP contribution in [-0.4, -0.2) is 24.5 Å². The average molecular weight is 386 g/mol. The number of ether oxygens (including phenoxy) is 1. The molecule has 0 bridgehead atoms. The molecule has 0 saturated carbocycles. The van der Waals surface area contributed by atoms with E-state index in [1.54, 1.807) is 0 Å². The summed E-state index contributed by atoms with van der Waals surface area (Å²) in [6.07, 6.45) is 7.95. The molecule has 1 heterocycles. The van der Waals surface area contributed by atoms with Gasteiger partial charge in [0.05, 0.1) is 0 Å². The fourth-order valence-electron chi connectivity index (χ4n) is 5.05. The van der Waals surface area contributed by atoms with Crippen LogP contribution in [0.3, 0.4) is 0 Å². The van der Waals surface area contributed by atoms with Gasteiger partial charge in [-0.25, -0.2) is 0 Å². The molecule has 3 aromatic rings. The maximum Gasteiger partial charge on any atom is 0.120 e. The number of nitrogens with zero attached hydrogens (tertiary/aromatic N) is 1. The van der Waals surface area contributed by atoms with Gasteiger partial charge in [-0.05, 0) is 96.8 Å². The van der Waals surface area contributed by atoms with Crippen LogP contribution in [0.2, 0.25) is 0 Å². The van der Waals surface area contributed by atoms with Crippen LogP contribution in [0.25, 0.3) is 10.8 Å². The molecule has 2 aliphatic rings. The number of hydrogen-bond acceptors (Lipinski definition) is 2. The normalized spacial score (nSPS) is 19.8. The summed E-state index contributed by atoms with van der Waals surface area (Å²) in [5, 5.41) is 2.56. The highest BCUT2D eigenvalue weighted by Gasteiger charge is 2.22. The maximum atomic E-state index is 6.15. The summed E-state index contributed by atoms with van der Waals surface area (Å²) >= 11 is 0. The Kier molecular flexibility index (Phi) is 5.53. The zero-order valence-corrected chi connectivity index (χ0v) is 17.3. The molecular weight excluding hydrogens is 354 g/mol. The molecule has 3 aromatic carbocycles. The summed E-state index contributed by atoms with van der Waals surface area (Å²) in [5.41, 5.74) is 4.26. The highest BCUT2D eigenvalue weighted by molar-refractivity contribution is 5.82. The average Bonchev–Trinajstić information content (AvgIpc) is 2.78. The first-order valence-corrected chi connectivity index (χ1v) is 11.3. The minimum absolute atomic E-state index is 0.626. The highest BCUT2D eigenvalue weighted by atomic mass is 16.5. The van der Waals surface area contributed by atoms with Crippen LogP contribution in [-0.2, 0) is 19.4 Å². The van der Waals surface area contributed by atoms with E-state index < -0.39 is 0 Å². The van der Waals surface area contributed by atoms with Gasteiger partial charge in [-0.2, -0.15) is 0 Å². The van der Waals surface area contributed by atoms with Crippen LogP contribution in [0.1, 0.15) is 42.4 Å². The SMILES string of the molecule is c1ccc2cc(COc3ccc4c(c3)CCC(CN3CCCCC3)C4)ccc2c1. The lowest BCUT2D eigenvalue weighted by Gasteiger charge is -2.33. The van der Waals surface area contributed by atoms with Crippen molar-refractivity contribution < 1.29 is 4.74 Å². The molecule has 150 valence electrons. The summed E-state index contributed by atoms with van der Waals surface area (Å²) in [5.74, 6) is 1.83. The molecular formula is C27H31NO. The largest absolute Gasteiger partial charge is 0.489 e. The molecule has 0 spiro atoms. The maximum absolute atomic E-state index is 6.15. The Morgan fingerprint density at radius 1 is 0.828 bits per heavy atom. The van der Waals surface area contributed by atoms with Gasteiger partial charge in [-0.15, -0.1) is 0 Å². The summed E-state index contributed by atoms with van der Waals surface area (Å²) in [6, 6.07) is 21.9. The van der Waals surface area contributed by atoms with Gasteiger partial charge >= 0.3 is 0 Å². The van der Waals surface area contributed by atoms with E-state index in [0.717, 1.165) is 11.7 Å². The first-order valence-electron chi connectivity index (χ1n) is 11.3. The van der Waals surface area contributed by atoms with Crippen molar-refractivity contribution in [3.63, 3.8) is 0 Å². The first kappa shape index (κ1) is 18.7. The van der Waals surface area contributed by atoms with Gasteiger partial charge in [0.25, 0.3) is 0 Å². The molecule has 29 heavy (non-hydrogen) atoms. The second-order valence-electron chi connectivity index (χ2n) is 8.87. The van der Waals surface area contributed by atoms with Crippen LogP contribution in [0.4, 0.5) is 0 Å². The number of hydrogen-bond donors (Lipinski definition) is 0. The zero-order chi connectivity index (χ0) is 19.5. The molecule has 1 aliphatic heterocycles. The molecule has 1 atom stereocenters. The van der Waals surface area contributed by atoms with Gasteiger partial charge in [0.15, 0.2) is 0 Å². The third-order valence-corrected chi connectivity index (χ3v) is 6.69. The minimum Gasteiger partial charge on any atom is -0.489 e. The van der Waals surface area contributed by atoms with Crippen molar-refractivity contribution in [3.8, 4) is 5.75 Å². The standard InChI is InChI=1S/C27H31NO/c1-4-14-28(15-5-1)19-21-8-11-26-18-27(13-12-25(26)16-21)29-20-22-9-10-23-6-2-3-7-24(23)17-22/h2-3,6-7,9-10,12-13,17-18,21H,1,4-5,8,11,14-16,19-20H2. The molecule has 0 N–H and O–H groups in total. The van der Waals surface area contributed by atoms with Gasteiger partial charge in [0, 0.05) is 6.54 Å². The molecule has 0 radical (unpaired) electrons. The Balaban J connectivity index is 1.20. The van der Waals surface area contributed by atoms with E-state index in [2.05, 4.69) is 65.6 Å². The fraction of sp³-hybridized carbons (Fsp3) is 0.407. The van der Waals surface area contributed by atoms with Crippen molar-refractivity contribution in [2.45, 2.75) is 45.1 Å². The summed E-state index contributed by atoms with van der Waals surface area (Å²) < 4.78 is 6.15. The van der Waals surface area contributed by atoms with Gasteiger partial charge in [0.1, 0.15) is 12.4 Å². The van der Waals surface area contributed by atoms with E-state index in [-0.39, 0.29) is 0 Å². The Bertz CT molecular complexity index is 973. The lowest BCUT2D eigenvalue weighted by Crippen LogP contribution is -2.36. The van der Waals surface area contributed by atoms with Gasteiger partial charge in [-0.1, -0.05) is 48.9 Å². The fourth-order valence-corrected chi connectivity index (χ4v) is 5.05. The van der Waals surface area contributed by atoms with E-state index in [4.69, 9.17) is 4.74 Å². The molecule has 5 rings (SSSR count). The van der Waals surface area contributed by atoms with Crippen LogP contribution in [0.15, 0.2) is 60.7 Å². The second-order valence-corrected chi connectivity index (χ2v) is 8.87. The van der Waals surface area contributed by atoms with E-state index in [0.29, 0.717) is 6.61 Å². The zero-order valence-electron chi connectivity index (χ0n) is 17.3.